The Kier molecular flexibility index (Phi) is 7.95. The number of sulfonamides is 1. The molecule has 1 N–H and O–H groups in total. The Morgan fingerprint density at radius 3 is 2.29 bits per heavy atom. The molecule has 1 atom stereocenters. The summed E-state index contributed by atoms with van der Waals surface area (Å²) >= 11 is 0. The molecule has 0 saturated carbocycles. The number of benzene rings is 2. The van der Waals surface area contributed by atoms with Gasteiger partial charge >= 0.3 is 5.69 Å². The summed E-state index contributed by atoms with van der Waals surface area (Å²) in [7, 11) is -2.36. The van der Waals surface area contributed by atoms with E-state index in [2.05, 4.69) is 5.32 Å². The fraction of sp³-hybridized carbons (Fsp3) is 0.350. The third kappa shape index (κ3) is 5.70. The first-order valence-corrected chi connectivity index (χ1v) is 11.0. The van der Waals surface area contributed by atoms with E-state index in [0.29, 0.717) is 11.4 Å². The maximum absolute atomic E-state index is 12.6. The van der Waals surface area contributed by atoms with Gasteiger partial charge in [0, 0.05) is 24.8 Å². The van der Waals surface area contributed by atoms with Crippen LogP contribution in [0.15, 0.2) is 47.4 Å². The standard InChI is InChI=1S/C20H25N3O7S/c1-5-22(6-2)31(27,28)17-11-12-19(18(13-17)23(25)26)30-14(3)20(24)21-15-7-9-16(29-4)10-8-15/h7-14H,5-6H2,1-4H3,(H,21,24)/t14-/m1/s1. The van der Waals surface area contributed by atoms with Gasteiger partial charge in [0.25, 0.3) is 5.91 Å². The highest BCUT2D eigenvalue weighted by atomic mass is 32.2. The van der Waals surface area contributed by atoms with Crippen LogP contribution < -0.4 is 14.8 Å². The van der Waals surface area contributed by atoms with Gasteiger partial charge in [-0.15, -0.1) is 0 Å². The SMILES string of the molecule is CCN(CC)S(=O)(=O)c1ccc(O[C@H](C)C(=O)Nc2ccc(OC)cc2)c([N+](=O)[O-])c1. The summed E-state index contributed by atoms with van der Waals surface area (Å²) in [6.07, 6.45) is -1.08. The summed E-state index contributed by atoms with van der Waals surface area (Å²) in [6.45, 7) is 5.25. The van der Waals surface area contributed by atoms with Crippen LogP contribution in [0.2, 0.25) is 0 Å². The maximum Gasteiger partial charge on any atom is 0.312 e. The molecule has 0 aliphatic rings. The zero-order valence-corrected chi connectivity index (χ0v) is 18.5. The minimum Gasteiger partial charge on any atom is -0.497 e. The third-order valence-corrected chi connectivity index (χ3v) is 6.55. The van der Waals surface area contributed by atoms with Crippen LogP contribution >= 0.6 is 0 Å². The van der Waals surface area contributed by atoms with E-state index >= 15 is 0 Å². The quantitative estimate of drug-likeness (QED) is 0.434. The lowest BCUT2D eigenvalue weighted by Crippen LogP contribution is -2.31. The predicted molar refractivity (Wildman–Crippen MR) is 115 cm³/mol. The summed E-state index contributed by atoms with van der Waals surface area (Å²) < 4.78 is 37.0. The Morgan fingerprint density at radius 2 is 1.77 bits per heavy atom. The number of hydrogen-bond donors (Lipinski definition) is 1. The summed E-state index contributed by atoms with van der Waals surface area (Å²) in [5, 5.41) is 14.2. The van der Waals surface area contributed by atoms with Crippen molar-refractivity contribution in [1.82, 2.24) is 4.31 Å². The van der Waals surface area contributed by atoms with Gasteiger partial charge in [0.05, 0.1) is 16.9 Å². The number of methoxy groups -OCH3 is 1. The molecule has 2 aromatic carbocycles. The molecule has 0 spiro atoms. The fourth-order valence-corrected chi connectivity index (χ4v) is 4.25. The van der Waals surface area contributed by atoms with E-state index in [0.717, 1.165) is 6.07 Å². The van der Waals surface area contributed by atoms with Crippen molar-refractivity contribution < 1.29 is 27.6 Å². The molecule has 10 nitrogen and oxygen atoms in total. The lowest BCUT2D eigenvalue weighted by molar-refractivity contribution is -0.386. The van der Waals surface area contributed by atoms with Gasteiger partial charge in [-0.2, -0.15) is 4.31 Å². The summed E-state index contributed by atoms with van der Waals surface area (Å²) in [4.78, 5) is 23.0. The second-order valence-corrected chi connectivity index (χ2v) is 8.39. The molecule has 0 aliphatic carbocycles. The summed E-state index contributed by atoms with van der Waals surface area (Å²) in [5.41, 5.74) is -0.0475. The molecule has 11 heteroatoms. The van der Waals surface area contributed by atoms with E-state index in [1.54, 1.807) is 38.1 Å². The van der Waals surface area contributed by atoms with Gasteiger partial charge in [-0.05, 0) is 43.3 Å². The highest BCUT2D eigenvalue weighted by Crippen LogP contribution is 2.31. The number of nitrogens with zero attached hydrogens (tertiary/aromatic N) is 2. The van der Waals surface area contributed by atoms with Crippen molar-refractivity contribution in [2.45, 2.75) is 31.8 Å². The molecule has 0 fully saturated rings. The minimum absolute atomic E-state index is 0.208. The highest BCUT2D eigenvalue weighted by molar-refractivity contribution is 7.89. The van der Waals surface area contributed by atoms with E-state index in [9.17, 15) is 23.3 Å². The van der Waals surface area contributed by atoms with E-state index < -0.39 is 32.6 Å². The molecule has 0 aliphatic heterocycles. The second-order valence-electron chi connectivity index (χ2n) is 6.45. The van der Waals surface area contributed by atoms with Crippen molar-refractivity contribution in [3.05, 3.63) is 52.6 Å². The molecular formula is C20H25N3O7S. The van der Waals surface area contributed by atoms with Crippen LogP contribution in [0.25, 0.3) is 0 Å². The van der Waals surface area contributed by atoms with Crippen molar-refractivity contribution in [1.29, 1.82) is 0 Å². The van der Waals surface area contributed by atoms with Gasteiger partial charge in [0.15, 0.2) is 11.9 Å². The highest BCUT2D eigenvalue weighted by Gasteiger charge is 2.27. The Labute approximate surface area is 181 Å². The van der Waals surface area contributed by atoms with E-state index in [1.807, 2.05) is 0 Å². The number of nitro groups is 1. The van der Waals surface area contributed by atoms with Crippen molar-refractivity contribution >= 4 is 27.3 Å². The molecule has 31 heavy (non-hydrogen) atoms. The monoisotopic (exact) mass is 451 g/mol. The Bertz CT molecular complexity index is 1040. The smallest absolute Gasteiger partial charge is 0.312 e. The first-order valence-electron chi connectivity index (χ1n) is 9.54. The van der Waals surface area contributed by atoms with Crippen molar-refractivity contribution in [2.75, 3.05) is 25.5 Å². The van der Waals surface area contributed by atoms with E-state index in [1.165, 1.54) is 30.5 Å². The predicted octanol–water partition coefficient (Wildman–Crippen LogP) is 3.04. The van der Waals surface area contributed by atoms with Crippen molar-refractivity contribution in [2.24, 2.45) is 0 Å². The van der Waals surface area contributed by atoms with Gasteiger partial charge in [-0.3, -0.25) is 14.9 Å². The van der Waals surface area contributed by atoms with Crippen molar-refractivity contribution in [3.63, 3.8) is 0 Å². The van der Waals surface area contributed by atoms with Crippen LogP contribution in [0.4, 0.5) is 11.4 Å². The number of rotatable bonds is 10. The molecule has 0 unspecified atom stereocenters. The van der Waals surface area contributed by atoms with Crippen LogP contribution in [-0.4, -0.2) is 49.9 Å². The number of carbonyl (C=O) groups is 1. The maximum atomic E-state index is 12.6. The molecule has 0 aromatic heterocycles. The lowest BCUT2D eigenvalue weighted by Gasteiger charge is -2.19. The zero-order chi connectivity index (χ0) is 23.2. The number of ether oxygens (including phenoxy) is 2. The Balaban J connectivity index is 2.23. The van der Waals surface area contributed by atoms with Gasteiger partial charge in [-0.1, -0.05) is 13.8 Å². The topological polar surface area (TPSA) is 128 Å². The number of nitro benzene ring substituents is 1. The average Bonchev–Trinajstić information content (AvgIpc) is 2.74. The third-order valence-electron chi connectivity index (χ3n) is 4.50. The van der Waals surface area contributed by atoms with Crippen LogP contribution in [0.1, 0.15) is 20.8 Å². The van der Waals surface area contributed by atoms with Crippen LogP contribution in [0, 0.1) is 10.1 Å². The van der Waals surface area contributed by atoms with Gasteiger partial charge in [0.1, 0.15) is 5.75 Å². The normalized spacial score (nSPS) is 12.3. The average molecular weight is 452 g/mol. The molecular weight excluding hydrogens is 426 g/mol. The molecule has 168 valence electrons. The van der Waals surface area contributed by atoms with Crippen LogP contribution in [0.3, 0.4) is 0 Å². The number of carbonyl (C=O) groups excluding carboxylic acids is 1. The van der Waals surface area contributed by atoms with Gasteiger partial charge in [-0.25, -0.2) is 8.42 Å². The van der Waals surface area contributed by atoms with Crippen molar-refractivity contribution in [3.8, 4) is 11.5 Å². The van der Waals surface area contributed by atoms with Crippen LogP contribution in [-0.2, 0) is 14.8 Å². The van der Waals surface area contributed by atoms with Crippen LogP contribution in [0.5, 0.6) is 11.5 Å². The number of hydrogen-bond acceptors (Lipinski definition) is 7. The van der Waals surface area contributed by atoms with E-state index in [4.69, 9.17) is 9.47 Å². The largest absolute Gasteiger partial charge is 0.497 e. The first-order chi connectivity index (χ1) is 14.6. The lowest BCUT2D eigenvalue weighted by atomic mass is 10.2. The molecule has 0 bridgehead atoms. The first kappa shape index (κ1) is 24.1. The number of nitrogens with one attached hydrogen (secondary N) is 1. The molecule has 2 aromatic rings. The van der Waals surface area contributed by atoms with Gasteiger partial charge < -0.3 is 14.8 Å². The summed E-state index contributed by atoms with van der Waals surface area (Å²) in [5.74, 6) is -0.113. The summed E-state index contributed by atoms with van der Waals surface area (Å²) in [6, 6.07) is 9.96. The molecule has 1 amide bonds. The Hall–Kier alpha value is -3.18. The molecule has 0 saturated heterocycles. The molecule has 0 radical (unpaired) electrons. The second kappa shape index (κ2) is 10.2. The molecule has 2 rings (SSSR count). The molecule has 0 heterocycles. The minimum atomic E-state index is -3.88. The zero-order valence-electron chi connectivity index (χ0n) is 17.7. The van der Waals surface area contributed by atoms with E-state index in [-0.39, 0.29) is 23.7 Å². The number of amides is 1. The fourth-order valence-electron chi connectivity index (χ4n) is 2.77. The van der Waals surface area contributed by atoms with Gasteiger partial charge in [0.2, 0.25) is 10.0 Å². The Morgan fingerprint density at radius 1 is 1.16 bits per heavy atom. The number of anilines is 1.